The zero-order chi connectivity index (χ0) is 23.3. The molecule has 1 amide bonds. The summed E-state index contributed by atoms with van der Waals surface area (Å²) in [7, 11) is -3.65. The van der Waals surface area contributed by atoms with E-state index in [0.29, 0.717) is 55.2 Å². The third-order valence-electron chi connectivity index (χ3n) is 4.77. The van der Waals surface area contributed by atoms with Crippen molar-refractivity contribution in [2.45, 2.75) is 16.6 Å². The minimum atomic E-state index is -3.65. The fourth-order valence-corrected chi connectivity index (χ4v) is 5.42. The highest BCUT2D eigenvalue weighted by Crippen LogP contribution is 2.27. The third kappa shape index (κ3) is 5.33. The first-order valence-electron chi connectivity index (χ1n) is 10.0. The van der Waals surface area contributed by atoms with Crippen LogP contribution in [0.5, 0.6) is 0 Å². The number of rotatable bonds is 9. The Morgan fingerprint density at radius 2 is 2.06 bits per heavy atom. The van der Waals surface area contributed by atoms with E-state index in [0.717, 1.165) is 0 Å². The molecule has 1 aliphatic heterocycles. The van der Waals surface area contributed by atoms with Crippen LogP contribution in [0.2, 0.25) is 0 Å². The number of sulfonamides is 1. The molecular weight excluding hydrogens is 468 g/mol. The van der Waals surface area contributed by atoms with Gasteiger partial charge in [-0.3, -0.25) is 9.36 Å². The molecule has 0 radical (unpaired) electrons. The maximum absolute atomic E-state index is 13.0. The van der Waals surface area contributed by atoms with Gasteiger partial charge in [-0.1, -0.05) is 35.1 Å². The Morgan fingerprint density at radius 3 is 2.79 bits per heavy atom. The lowest BCUT2D eigenvalue weighted by atomic mass is 10.2. The van der Waals surface area contributed by atoms with Crippen molar-refractivity contribution in [3.8, 4) is 11.4 Å². The molecule has 0 bridgehead atoms. The Bertz CT molecular complexity index is 1220. The van der Waals surface area contributed by atoms with Crippen molar-refractivity contribution >= 4 is 33.5 Å². The van der Waals surface area contributed by atoms with Crippen LogP contribution in [0.1, 0.15) is 0 Å². The van der Waals surface area contributed by atoms with Crippen LogP contribution in [0.4, 0.5) is 5.82 Å². The number of ether oxygens (including phenoxy) is 1. The standard InChI is InChI=1S/C20H22N6O5S2/c1-2-7-26-19(22-23-20(26)32-14-18(27)21-17-6-10-31-24-17)15-4-3-5-16(13-15)33(28,29)25-8-11-30-12-9-25/h2-6,10,13H,1,7-9,11-12,14H2,(H,21,24,27). The topological polar surface area (TPSA) is 132 Å². The van der Waals surface area contributed by atoms with Crippen LogP contribution in [-0.2, 0) is 26.1 Å². The molecule has 13 heteroatoms. The summed E-state index contributed by atoms with van der Waals surface area (Å²) in [5.41, 5.74) is 0.595. The number of hydrogen-bond donors (Lipinski definition) is 1. The maximum atomic E-state index is 13.0. The summed E-state index contributed by atoms with van der Waals surface area (Å²) in [4.78, 5) is 12.3. The number of anilines is 1. The van der Waals surface area contributed by atoms with Crippen molar-refractivity contribution in [2.75, 3.05) is 37.4 Å². The average molecular weight is 491 g/mol. The predicted octanol–water partition coefficient (Wildman–Crippen LogP) is 1.87. The van der Waals surface area contributed by atoms with E-state index < -0.39 is 10.0 Å². The zero-order valence-electron chi connectivity index (χ0n) is 17.6. The second kappa shape index (κ2) is 10.3. The number of nitrogens with one attached hydrogen (secondary N) is 1. The molecule has 3 aromatic rings. The Morgan fingerprint density at radius 1 is 1.24 bits per heavy atom. The van der Waals surface area contributed by atoms with Gasteiger partial charge in [-0.15, -0.1) is 16.8 Å². The molecule has 174 valence electrons. The van der Waals surface area contributed by atoms with E-state index >= 15 is 0 Å². The number of thioether (sulfide) groups is 1. The molecule has 2 aromatic heterocycles. The summed E-state index contributed by atoms with van der Waals surface area (Å²) in [6.45, 7) is 5.54. The monoisotopic (exact) mass is 490 g/mol. The van der Waals surface area contributed by atoms with Crippen LogP contribution in [0.15, 0.2) is 63.8 Å². The molecule has 1 fully saturated rings. The summed E-state index contributed by atoms with van der Waals surface area (Å²) < 4.78 is 39.2. The largest absolute Gasteiger partial charge is 0.379 e. The molecule has 1 aliphatic rings. The molecule has 11 nitrogen and oxygen atoms in total. The number of carbonyl (C=O) groups excluding carboxylic acids is 1. The summed E-state index contributed by atoms with van der Waals surface area (Å²) >= 11 is 1.20. The fourth-order valence-electron chi connectivity index (χ4n) is 3.22. The summed E-state index contributed by atoms with van der Waals surface area (Å²) in [5, 5.41) is 15.2. The lowest BCUT2D eigenvalue weighted by Gasteiger charge is -2.26. The number of morpholine rings is 1. The fraction of sp³-hybridized carbons (Fsp3) is 0.300. The van der Waals surface area contributed by atoms with E-state index in [9.17, 15) is 13.2 Å². The normalized spacial score (nSPS) is 14.8. The van der Waals surface area contributed by atoms with Gasteiger partial charge in [-0.05, 0) is 12.1 Å². The number of hydrogen-bond acceptors (Lipinski definition) is 9. The molecule has 1 aromatic carbocycles. The molecule has 4 rings (SSSR count). The number of benzene rings is 1. The predicted molar refractivity (Wildman–Crippen MR) is 121 cm³/mol. The SMILES string of the molecule is C=CCn1c(SCC(=O)Nc2ccon2)nnc1-c1cccc(S(=O)(=O)N2CCOCC2)c1. The second-order valence-electron chi connectivity index (χ2n) is 6.97. The van der Waals surface area contributed by atoms with Crippen molar-refractivity contribution in [1.29, 1.82) is 0 Å². The van der Waals surface area contributed by atoms with E-state index in [1.165, 1.54) is 22.3 Å². The van der Waals surface area contributed by atoms with Crippen molar-refractivity contribution in [1.82, 2.24) is 24.2 Å². The van der Waals surface area contributed by atoms with Crippen LogP contribution >= 0.6 is 11.8 Å². The highest BCUT2D eigenvalue weighted by atomic mass is 32.2. The number of aromatic nitrogens is 4. The van der Waals surface area contributed by atoms with E-state index in [1.807, 2.05) is 0 Å². The number of allylic oxidation sites excluding steroid dienone is 1. The van der Waals surface area contributed by atoms with Gasteiger partial charge in [-0.2, -0.15) is 4.31 Å². The minimum absolute atomic E-state index is 0.0770. The lowest BCUT2D eigenvalue weighted by Crippen LogP contribution is -2.40. The van der Waals surface area contributed by atoms with Gasteiger partial charge in [0.2, 0.25) is 15.9 Å². The van der Waals surface area contributed by atoms with Crippen LogP contribution in [-0.4, -0.2) is 70.6 Å². The first-order valence-corrected chi connectivity index (χ1v) is 12.5. The number of carbonyl (C=O) groups is 1. The first kappa shape index (κ1) is 23.2. The first-order chi connectivity index (χ1) is 16.0. The molecule has 0 unspecified atom stereocenters. The van der Waals surface area contributed by atoms with Gasteiger partial charge >= 0.3 is 0 Å². The number of nitrogens with zero attached hydrogens (tertiary/aromatic N) is 5. The highest BCUT2D eigenvalue weighted by Gasteiger charge is 2.27. The van der Waals surface area contributed by atoms with E-state index in [4.69, 9.17) is 9.26 Å². The third-order valence-corrected chi connectivity index (χ3v) is 7.63. The quantitative estimate of drug-likeness (QED) is 0.352. The van der Waals surface area contributed by atoms with Crippen LogP contribution in [0.3, 0.4) is 0 Å². The Kier molecular flexibility index (Phi) is 7.23. The number of amides is 1. The van der Waals surface area contributed by atoms with E-state index in [2.05, 4.69) is 27.2 Å². The van der Waals surface area contributed by atoms with E-state index in [1.54, 1.807) is 41.0 Å². The summed E-state index contributed by atoms with van der Waals surface area (Å²) in [6, 6.07) is 8.13. The van der Waals surface area contributed by atoms with Crippen molar-refractivity contribution in [3.05, 3.63) is 49.2 Å². The molecule has 0 atom stereocenters. The van der Waals surface area contributed by atoms with Crippen LogP contribution in [0.25, 0.3) is 11.4 Å². The molecule has 33 heavy (non-hydrogen) atoms. The average Bonchev–Trinajstić information content (AvgIpc) is 3.49. The smallest absolute Gasteiger partial charge is 0.243 e. The molecule has 0 spiro atoms. The highest BCUT2D eigenvalue weighted by molar-refractivity contribution is 7.99. The van der Waals surface area contributed by atoms with Gasteiger partial charge in [0.1, 0.15) is 6.26 Å². The van der Waals surface area contributed by atoms with E-state index in [-0.39, 0.29) is 16.6 Å². The second-order valence-corrected chi connectivity index (χ2v) is 9.85. The van der Waals surface area contributed by atoms with Gasteiger partial charge in [0.05, 0.1) is 23.9 Å². The molecule has 0 aliphatic carbocycles. The van der Waals surface area contributed by atoms with Gasteiger partial charge in [0.15, 0.2) is 16.8 Å². The molecular formula is C20H22N6O5S2. The summed E-state index contributed by atoms with van der Waals surface area (Å²) in [5.74, 6) is 0.607. The van der Waals surface area contributed by atoms with Crippen LogP contribution in [0, 0.1) is 0 Å². The molecule has 1 saturated heterocycles. The van der Waals surface area contributed by atoms with Gasteiger partial charge < -0.3 is 14.6 Å². The molecule has 1 N–H and O–H groups in total. The van der Waals surface area contributed by atoms with Crippen molar-refractivity contribution in [2.24, 2.45) is 0 Å². The van der Waals surface area contributed by atoms with Crippen molar-refractivity contribution in [3.63, 3.8) is 0 Å². The Hall–Kier alpha value is -3.00. The van der Waals surface area contributed by atoms with Gasteiger partial charge in [0, 0.05) is 31.3 Å². The Balaban J connectivity index is 1.55. The molecule has 3 heterocycles. The summed E-state index contributed by atoms with van der Waals surface area (Å²) in [6.07, 6.45) is 3.05. The van der Waals surface area contributed by atoms with Crippen LogP contribution < -0.4 is 5.32 Å². The minimum Gasteiger partial charge on any atom is -0.379 e. The lowest BCUT2D eigenvalue weighted by molar-refractivity contribution is -0.113. The van der Waals surface area contributed by atoms with Gasteiger partial charge in [0.25, 0.3) is 0 Å². The maximum Gasteiger partial charge on any atom is 0.243 e. The zero-order valence-corrected chi connectivity index (χ0v) is 19.2. The van der Waals surface area contributed by atoms with Gasteiger partial charge in [-0.25, -0.2) is 8.42 Å². The Labute approximate surface area is 194 Å². The van der Waals surface area contributed by atoms with Crippen molar-refractivity contribution < 1.29 is 22.5 Å². The molecule has 0 saturated carbocycles.